The summed E-state index contributed by atoms with van der Waals surface area (Å²) in [5, 5.41) is 0.135. The van der Waals surface area contributed by atoms with Gasteiger partial charge in [0.2, 0.25) is 0 Å². The molecule has 1 heterocycles. The van der Waals surface area contributed by atoms with Crippen LogP contribution in [0.25, 0.3) is 0 Å². The van der Waals surface area contributed by atoms with Crippen molar-refractivity contribution >= 4 is 20.1 Å². The number of aromatic nitrogens is 1. The molecule has 25 heavy (non-hydrogen) atoms. The van der Waals surface area contributed by atoms with Crippen molar-refractivity contribution in [3.8, 4) is 0 Å². The summed E-state index contributed by atoms with van der Waals surface area (Å²) in [5.41, 5.74) is 0.584. The summed E-state index contributed by atoms with van der Waals surface area (Å²) in [6, 6.07) is 3.46. The van der Waals surface area contributed by atoms with Crippen LogP contribution in [0.3, 0.4) is 0 Å². The summed E-state index contributed by atoms with van der Waals surface area (Å²) in [5.74, 6) is -0.818. The highest BCUT2D eigenvalue weighted by molar-refractivity contribution is 6.74. The Kier molecular flexibility index (Phi) is 6.70. The molecule has 0 saturated heterocycles. The summed E-state index contributed by atoms with van der Waals surface area (Å²) in [6.45, 7) is 16.7. The fourth-order valence-electron chi connectivity index (χ4n) is 1.76. The Morgan fingerprint density at radius 1 is 1.08 bits per heavy atom. The molecular formula is C19H31NO4Si. The molecule has 1 rings (SSSR count). The first-order valence-electron chi connectivity index (χ1n) is 8.55. The van der Waals surface area contributed by atoms with Crippen molar-refractivity contribution < 1.29 is 18.8 Å². The van der Waals surface area contributed by atoms with Crippen LogP contribution < -0.4 is 0 Å². The number of Topliss-reactive ketones (excluding diaryl/α,β-unsaturated/α-hetero) is 1. The van der Waals surface area contributed by atoms with Gasteiger partial charge in [0, 0.05) is 11.8 Å². The molecule has 0 unspecified atom stereocenters. The van der Waals surface area contributed by atoms with E-state index in [9.17, 15) is 9.59 Å². The van der Waals surface area contributed by atoms with Crippen LogP contribution in [0.2, 0.25) is 18.1 Å². The van der Waals surface area contributed by atoms with Gasteiger partial charge >= 0.3 is 5.97 Å². The molecule has 0 N–H and O–H groups in total. The van der Waals surface area contributed by atoms with Crippen molar-refractivity contribution in [2.45, 2.75) is 78.3 Å². The van der Waals surface area contributed by atoms with E-state index in [0.29, 0.717) is 12.2 Å². The minimum absolute atomic E-state index is 0.135. The number of nitrogens with zero attached hydrogens (tertiary/aromatic N) is 1. The first-order valence-corrected chi connectivity index (χ1v) is 11.5. The maximum Gasteiger partial charge on any atom is 0.314 e. The maximum atomic E-state index is 12.1. The highest BCUT2D eigenvalue weighted by Gasteiger charge is 2.37. The maximum absolute atomic E-state index is 12.1. The Morgan fingerprint density at radius 2 is 1.68 bits per heavy atom. The van der Waals surface area contributed by atoms with Gasteiger partial charge in [-0.15, -0.1) is 0 Å². The smallest absolute Gasteiger partial charge is 0.314 e. The second kappa shape index (κ2) is 7.79. The third-order valence-corrected chi connectivity index (χ3v) is 8.74. The Hall–Kier alpha value is -1.53. The van der Waals surface area contributed by atoms with E-state index in [0.717, 1.165) is 5.69 Å². The van der Waals surface area contributed by atoms with Crippen LogP contribution in [0, 0.1) is 0 Å². The van der Waals surface area contributed by atoms with Crippen LogP contribution in [0.1, 0.15) is 64.0 Å². The molecule has 0 aromatic carbocycles. The van der Waals surface area contributed by atoms with Gasteiger partial charge in [-0.3, -0.25) is 14.6 Å². The standard InChI is InChI=1S/C19H31NO4Si/c1-18(2,3)24-17(22)11-16(21)14-9-10-15(20-12-14)13-23-25(7,8)19(4,5)6/h9-10,12H,11,13H2,1-8H3. The zero-order chi connectivity index (χ0) is 19.5. The van der Waals surface area contributed by atoms with Crippen LogP contribution in [-0.4, -0.2) is 30.7 Å². The van der Waals surface area contributed by atoms with Crippen LogP contribution in [0.5, 0.6) is 0 Å². The predicted octanol–water partition coefficient (Wildman–Crippen LogP) is 4.52. The Labute approximate surface area is 152 Å². The molecule has 0 aliphatic heterocycles. The van der Waals surface area contributed by atoms with E-state index in [1.807, 2.05) is 0 Å². The average Bonchev–Trinajstić information content (AvgIpc) is 2.42. The van der Waals surface area contributed by atoms with Gasteiger partial charge in [0.25, 0.3) is 0 Å². The van der Waals surface area contributed by atoms with E-state index in [-0.39, 0.29) is 17.2 Å². The first-order chi connectivity index (χ1) is 11.2. The summed E-state index contributed by atoms with van der Waals surface area (Å²) in [4.78, 5) is 28.2. The average molecular weight is 366 g/mol. The Bertz CT molecular complexity index is 610. The number of esters is 1. The van der Waals surface area contributed by atoms with Crippen LogP contribution >= 0.6 is 0 Å². The first kappa shape index (κ1) is 21.5. The van der Waals surface area contributed by atoms with Crippen molar-refractivity contribution in [2.75, 3.05) is 0 Å². The van der Waals surface area contributed by atoms with E-state index in [2.05, 4.69) is 38.8 Å². The van der Waals surface area contributed by atoms with Crippen molar-refractivity contribution in [3.05, 3.63) is 29.6 Å². The van der Waals surface area contributed by atoms with E-state index in [1.165, 1.54) is 6.20 Å². The van der Waals surface area contributed by atoms with E-state index in [1.54, 1.807) is 32.9 Å². The van der Waals surface area contributed by atoms with Crippen LogP contribution in [0.15, 0.2) is 18.3 Å². The van der Waals surface area contributed by atoms with Crippen molar-refractivity contribution in [1.82, 2.24) is 4.98 Å². The van der Waals surface area contributed by atoms with Crippen molar-refractivity contribution in [3.63, 3.8) is 0 Å². The second-order valence-corrected chi connectivity index (χ2v) is 13.6. The zero-order valence-electron chi connectivity index (χ0n) is 16.7. The third kappa shape index (κ3) is 7.08. The normalized spacial score (nSPS) is 12.8. The van der Waals surface area contributed by atoms with E-state index < -0.39 is 19.9 Å². The summed E-state index contributed by atoms with van der Waals surface area (Å²) in [6.07, 6.45) is 1.22. The lowest BCUT2D eigenvalue weighted by atomic mass is 10.1. The Morgan fingerprint density at radius 3 is 2.12 bits per heavy atom. The number of hydrogen-bond acceptors (Lipinski definition) is 5. The lowest BCUT2D eigenvalue weighted by Crippen LogP contribution is -2.40. The summed E-state index contributed by atoms with van der Waals surface area (Å²) < 4.78 is 11.3. The van der Waals surface area contributed by atoms with Gasteiger partial charge in [0.05, 0.1) is 12.3 Å². The van der Waals surface area contributed by atoms with Crippen molar-refractivity contribution in [2.24, 2.45) is 0 Å². The highest BCUT2D eigenvalue weighted by atomic mass is 28.4. The fourth-order valence-corrected chi connectivity index (χ4v) is 2.70. The molecule has 5 nitrogen and oxygen atoms in total. The Balaban J connectivity index is 2.64. The molecule has 0 radical (unpaired) electrons. The van der Waals surface area contributed by atoms with E-state index >= 15 is 0 Å². The van der Waals surface area contributed by atoms with E-state index in [4.69, 9.17) is 9.16 Å². The quantitative estimate of drug-likeness (QED) is 0.321. The minimum Gasteiger partial charge on any atom is -0.460 e. The van der Waals surface area contributed by atoms with Crippen LogP contribution in [-0.2, 0) is 20.6 Å². The SMILES string of the molecule is CC(C)(C)OC(=O)CC(=O)c1ccc(CO[Si](C)(C)C(C)(C)C)nc1. The molecule has 6 heteroatoms. The van der Waals surface area contributed by atoms with Gasteiger partial charge in [0.15, 0.2) is 14.1 Å². The van der Waals surface area contributed by atoms with Crippen molar-refractivity contribution in [1.29, 1.82) is 0 Å². The number of hydrogen-bond donors (Lipinski definition) is 0. The molecule has 1 aromatic rings. The number of ketones is 1. The zero-order valence-corrected chi connectivity index (χ0v) is 17.7. The molecule has 0 aliphatic carbocycles. The number of ether oxygens (including phenoxy) is 1. The van der Waals surface area contributed by atoms with Gasteiger partial charge in [0.1, 0.15) is 12.0 Å². The summed E-state index contributed by atoms with van der Waals surface area (Å²) >= 11 is 0. The monoisotopic (exact) mass is 365 g/mol. The second-order valence-electron chi connectivity index (χ2n) is 8.77. The van der Waals surface area contributed by atoms with Gasteiger partial charge in [-0.05, 0) is 51.0 Å². The molecule has 0 fully saturated rings. The van der Waals surface area contributed by atoms with Gasteiger partial charge in [-0.1, -0.05) is 20.8 Å². The highest BCUT2D eigenvalue weighted by Crippen LogP contribution is 2.36. The molecule has 140 valence electrons. The van der Waals surface area contributed by atoms with Gasteiger partial charge in [-0.2, -0.15) is 0 Å². The number of carbonyl (C=O) groups excluding carboxylic acids is 2. The van der Waals surface area contributed by atoms with Crippen LogP contribution in [0.4, 0.5) is 0 Å². The topological polar surface area (TPSA) is 65.5 Å². The van der Waals surface area contributed by atoms with Gasteiger partial charge in [-0.25, -0.2) is 0 Å². The molecule has 0 amide bonds. The minimum atomic E-state index is -1.84. The lowest BCUT2D eigenvalue weighted by molar-refractivity contribution is -0.153. The molecule has 0 saturated carbocycles. The number of rotatable bonds is 6. The fraction of sp³-hybridized carbons (Fsp3) is 0.632. The molecular weight excluding hydrogens is 334 g/mol. The number of carbonyl (C=O) groups is 2. The lowest BCUT2D eigenvalue weighted by Gasteiger charge is -2.36. The largest absolute Gasteiger partial charge is 0.460 e. The number of pyridine rings is 1. The van der Waals surface area contributed by atoms with Gasteiger partial charge < -0.3 is 9.16 Å². The molecule has 0 aliphatic rings. The molecule has 1 aromatic heterocycles. The molecule has 0 atom stereocenters. The summed E-state index contributed by atoms with van der Waals surface area (Å²) in [7, 11) is -1.84. The molecule has 0 bridgehead atoms. The third-order valence-electron chi connectivity index (χ3n) is 4.26. The molecule has 0 spiro atoms. The predicted molar refractivity (Wildman–Crippen MR) is 101 cm³/mol.